The van der Waals surface area contributed by atoms with Crippen molar-refractivity contribution < 1.29 is 9.59 Å². The molecule has 2 aliphatic rings. The summed E-state index contributed by atoms with van der Waals surface area (Å²) < 4.78 is 0. The second-order valence-corrected chi connectivity index (χ2v) is 6.46. The maximum absolute atomic E-state index is 12.7. The molecule has 1 aromatic rings. The van der Waals surface area contributed by atoms with Gasteiger partial charge in [-0.05, 0) is 62.0 Å². The number of benzene rings is 1. The molecule has 6 heteroatoms. The van der Waals surface area contributed by atoms with Crippen LogP contribution in [0, 0.1) is 5.92 Å². The van der Waals surface area contributed by atoms with Crippen LogP contribution in [0.2, 0.25) is 0 Å². The number of likely N-dealkylation sites (tertiary alicyclic amines) is 1. The normalized spacial score (nSPS) is 17.7. The number of aryl methyl sites for hydroxylation is 1. The second kappa shape index (κ2) is 8.49. The minimum atomic E-state index is 0. The lowest BCUT2D eigenvalue weighted by atomic mass is 9.95. The summed E-state index contributed by atoms with van der Waals surface area (Å²) in [6.45, 7) is 5.85. The Hall–Kier alpha value is -1.59. The van der Waals surface area contributed by atoms with Gasteiger partial charge in [0.05, 0.1) is 0 Å². The number of halogens is 1. The molecule has 0 aliphatic carbocycles. The van der Waals surface area contributed by atoms with E-state index in [2.05, 4.69) is 17.6 Å². The van der Waals surface area contributed by atoms with E-state index in [4.69, 9.17) is 0 Å². The lowest BCUT2D eigenvalue weighted by molar-refractivity contribution is -0.116. The fourth-order valence-corrected chi connectivity index (χ4v) is 3.39. The van der Waals surface area contributed by atoms with Crippen molar-refractivity contribution >= 4 is 29.9 Å². The molecule has 0 spiro atoms. The monoisotopic (exact) mass is 351 g/mol. The second-order valence-electron chi connectivity index (χ2n) is 6.46. The third-order valence-electron chi connectivity index (χ3n) is 4.83. The van der Waals surface area contributed by atoms with Crippen LogP contribution in [0.25, 0.3) is 0 Å². The number of carbonyl (C=O) groups is 2. The molecule has 1 aromatic carbocycles. The molecule has 0 unspecified atom stereocenters. The first-order valence-corrected chi connectivity index (χ1v) is 8.60. The van der Waals surface area contributed by atoms with Crippen molar-refractivity contribution in [2.45, 2.75) is 32.6 Å². The van der Waals surface area contributed by atoms with E-state index in [-0.39, 0.29) is 24.2 Å². The van der Waals surface area contributed by atoms with Crippen LogP contribution in [0.15, 0.2) is 18.2 Å². The van der Waals surface area contributed by atoms with Crippen LogP contribution in [0.3, 0.4) is 0 Å². The van der Waals surface area contributed by atoms with Crippen LogP contribution in [0.1, 0.15) is 42.1 Å². The summed E-state index contributed by atoms with van der Waals surface area (Å²) in [4.78, 5) is 26.1. The van der Waals surface area contributed by atoms with Gasteiger partial charge in [0, 0.05) is 30.8 Å². The average molecular weight is 352 g/mol. The molecule has 132 valence electrons. The van der Waals surface area contributed by atoms with Gasteiger partial charge in [-0.1, -0.05) is 6.92 Å². The van der Waals surface area contributed by atoms with E-state index in [1.54, 1.807) is 0 Å². The molecule has 5 nitrogen and oxygen atoms in total. The molecule has 0 aromatic heterocycles. The molecule has 2 aliphatic heterocycles. The summed E-state index contributed by atoms with van der Waals surface area (Å²) in [5, 5.41) is 6.25. The molecule has 0 bridgehead atoms. The molecule has 24 heavy (non-hydrogen) atoms. The van der Waals surface area contributed by atoms with Crippen molar-refractivity contribution in [3.05, 3.63) is 29.3 Å². The number of rotatable bonds is 4. The Morgan fingerprint density at radius 1 is 1.29 bits per heavy atom. The molecule has 0 radical (unpaired) electrons. The van der Waals surface area contributed by atoms with E-state index >= 15 is 0 Å². The molecular formula is C18H26ClN3O2. The molecule has 1 saturated heterocycles. The Bertz CT molecular complexity index is 598. The van der Waals surface area contributed by atoms with Crippen LogP contribution in [0.5, 0.6) is 0 Å². The third-order valence-corrected chi connectivity index (χ3v) is 4.83. The number of nitrogens with zero attached hydrogens (tertiary/aromatic N) is 1. The summed E-state index contributed by atoms with van der Waals surface area (Å²) in [6, 6.07) is 5.64. The Morgan fingerprint density at radius 2 is 2.04 bits per heavy atom. The first-order chi connectivity index (χ1) is 11.2. The minimum absolute atomic E-state index is 0. The van der Waals surface area contributed by atoms with E-state index < -0.39 is 0 Å². The van der Waals surface area contributed by atoms with Crippen molar-refractivity contribution in [2.24, 2.45) is 5.92 Å². The van der Waals surface area contributed by atoms with E-state index in [0.29, 0.717) is 18.8 Å². The molecule has 3 rings (SSSR count). The number of anilines is 1. The van der Waals surface area contributed by atoms with Gasteiger partial charge in [0.1, 0.15) is 0 Å². The van der Waals surface area contributed by atoms with Gasteiger partial charge in [-0.15, -0.1) is 12.4 Å². The van der Waals surface area contributed by atoms with Crippen LogP contribution in [0.4, 0.5) is 5.69 Å². The summed E-state index contributed by atoms with van der Waals surface area (Å²) in [5.74, 6) is 0.851. The van der Waals surface area contributed by atoms with Gasteiger partial charge in [-0.2, -0.15) is 0 Å². The standard InChI is InChI=1S/C18H25N3O2.ClH/c1-2-19-12-13-7-9-21(10-8-13)18(23)15-3-5-16-14(11-15)4-6-17(22)20-16;/h3,5,11,13,19H,2,4,6-10,12H2,1H3,(H,20,22);1H. The van der Waals surface area contributed by atoms with Crippen molar-refractivity contribution in [1.82, 2.24) is 10.2 Å². The highest BCUT2D eigenvalue weighted by atomic mass is 35.5. The lowest BCUT2D eigenvalue weighted by Gasteiger charge is -2.32. The van der Waals surface area contributed by atoms with Crippen molar-refractivity contribution in [1.29, 1.82) is 0 Å². The fourth-order valence-electron chi connectivity index (χ4n) is 3.39. The molecule has 0 atom stereocenters. The zero-order chi connectivity index (χ0) is 16.2. The first kappa shape index (κ1) is 18.7. The highest BCUT2D eigenvalue weighted by Gasteiger charge is 2.24. The van der Waals surface area contributed by atoms with Crippen LogP contribution in [-0.4, -0.2) is 42.9 Å². The number of hydrogen-bond acceptors (Lipinski definition) is 3. The summed E-state index contributed by atoms with van der Waals surface area (Å²) in [7, 11) is 0. The van der Waals surface area contributed by atoms with Gasteiger partial charge in [-0.25, -0.2) is 0 Å². The van der Waals surface area contributed by atoms with E-state index in [0.717, 1.165) is 55.8 Å². The predicted octanol–water partition coefficient (Wildman–Crippen LogP) is 2.45. The van der Waals surface area contributed by atoms with E-state index in [1.165, 1.54) is 0 Å². The van der Waals surface area contributed by atoms with Crippen molar-refractivity contribution in [3.8, 4) is 0 Å². The maximum atomic E-state index is 12.7. The van der Waals surface area contributed by atoms with E-state index in [1.807, 2.05) is 23.1 Å². The van der Waals surface area contributed by atoms with Crippen LogP contribution >= 0.6 is 12.4 Å². The lowest BCUT2D eigenvalue weighted by Crippen LogP contribution is -2.40. The van der Waals surface area contributed by atoms with Gasteiger partial charge >= 0.3 is 0 Å². The van der Waals surface area contributed by atoms with Gasteiger partial charge in [0.2, 0.25) is 5.91 Å². The van der Waals surface area contributed by atoms with Gasteiger partial charge < -0.3 is 15.5 Å². The Morgan fingerprint density at radius 3 is 2.75 bits per heavy atom. The predicted molar refractivity (Wildman–Crippen MR) is 97.8 cm³/mol. The Balaban J connectivity index is 0.00000208. The van der Waals surface area contributed by atoms with Crippen LogP contribution < -0.4 is 10.6 Å². The smallest absolute Gasteiger partial charge is 0.253 e. The molecule has 2 N–H and O–H groups in total. The number of amides is 2. The van der Waals surface area contributed by atoms with Crippen LogP contribution in [-0.2, 0) is 11.2 Å². The summed E-state index contributed by atoms with van der Waals surface area (Å²) in [6.07, 6.45) is 3.35. The Labute approximate surface area is 149 Å². The van der Waals surface area contributed by atoms with Gasteiger partial charge in [0.15, 0.2) is 0 Å². The number of piperidine rings is 1. The molecule has 2 amide bonds. The molecule has 1 fully saturated rings. The third kappa shape index (κ3) is 4.28. The topological polar surface area (TPSA) is 61.4 Å². The van der Waals surface area contributed by atoms with Crippen molar-refractivity contribution in [2.75, 3.05) is 31.5 Å². The molecular weight excluding hydrogens is 326 g/mol. The largest absolute Gasteiger partial charge is 0.339 e. The fraction of sp³-hybridized carbons (Fsp3) is 0.556. The summed E-state index contributed by atoms with van der Waals surface area (Å²) in [5.41, 5.74) is 2.66. The highest BCUT2D eigenvalue weighted by Crippen LogP contribution is 2.25. The molecule has 0 saturated carbocycles. The number of nitrogens with one attached hydrogen (secondary N) is 2. The van der Waals surface area contributed by atoms with Gasteiger partial charge in [-0.3, -0.25) is 9.59 Å². The number of hydrogen-bond donors (Lipinski definition) is 2. The zero-order valence-electron chi connectivity index (χ0n) is 14.1. The zero-order valence-corrected chi connectivity index (χ0v) is 15.0. The number of fused-ring (bicyclic) bond motifs is 1. The minimum Gasteiger partial charge on any atom is -0.339 e. The quantitative estimate of drug-likeness (QED) is 0.876. The number of carbonyl (C=O) groups excluding carboxylic acids is 2. The van der Waals surface area contributed by atoms with Gasteiger partial charge in [0.25, 0.3) is 5.91 Å². The first-order valence-electron chi connectivity index (χ1n) is 8.60. The average Bonchev–Trinajstić information content (AvgIpc) is 2.59. The Kier molecular flexibility index (Phi) is 6.63. The maximum Gasteiger partial charge on any atom is 0.253 e. The highest BCUT2D eigenvalue weighted by molar-refractivity contribution is 5.98. The van der Waals surface area contributed by atoms with Crippen molar-refractivity contribution in [3.63, 3.8) is 0 Å². The molecule has 2 heterocycles. The summed E-state index contributed by atoms with van der Waals surface area (Å²) >= 11 is 0. The van der Waals surface area contributed by atoms with E-state index in [9.17, 15) is 9.59 Å². The SMILES string of the molecule is CCNCC1CCN(C(=O)c2ccc3c(c2)CCC(=O)N3)CC1.Cl.